The average Bonchev–Trinajstić information content (AvgIpc) is 3.58. The molecule has 6 aromatic carbocycles. The van der Waals surface area contributed by atoms with Gasteiger partial charge < -0.3 is 4.42 Å². The Hall–Kier alpha value is -5.74. The molecule has 0 unspecified atom stereocenters. The molecule has 4 nitrogen and oxygen atoms in total. The van der Waals surface area contributed by atoms with Crippen LogP contribution in [0.15, 0.2) is 144 Å². The summed E-state index contributed by atoms with van der Waals surface area (Å²) in [6, 6.07) is 48.7. The third-order valence-electron chi connectivity index (χ3n) is 9.29. The predicted octanol–water partition coefficient (Wildman–Crippen LogP) is 11.0. The zero-order chi connectivity index (χ0) is 30.1. The van der Waals surface area contributed by atoms with E-state index in [0.29, 0.717) is 5.95 Å². The molecule has 8 aromatic rings. The Labute approximate surface area is 261 Å². The van der Waals surface area contributed by atoms with Gasteiger partial charge >= 0.3 is 0 Å². The van der Waals surface area contributed by atoms with Gasteiger partial charge in [0.1, 0.15) is 11.2 Å². The molecular formula is C41H29N3O. The predicted molar refractivity (Wildman–Crippen MR) is 184 cm³/mol. The highest BCUT2D eigenvalue weighted by atomic mass is 16.3. The molecule has 0 saturated carbocycles. The van der Waals surface area contributed by atoms with Gasteiger partial charge in [-0.25, -0.2) is 9.97 Å². The first-order valence-electron chi connectivity index (χ1n) is 15.3. The molecule has 0 radical (unpaired) electrons. The highest BCUT2D eigenvalue weighted by molar-refractivity contribution is 6.13. The second-order valence-corrected chi connectivity index (χ2v) is 12.2. The standard InChI is InChI=1S/C41H29N3O/c1-41(2)32-18-9-6-15-28(32)29-24-23-27(25-33(29)41)44(35-20-12-22-37-38(35)31-17-8-11-21-36(31)45-37)40-42-34-19-10-7-16-30(34)39(43-40)26-13-4-3-5-14-26/h3-25H,1-2H3. The second kappa shape index (κ2) is 9.63. The van der Waals surface area contributed by atoms with E-state index in [-0.39, 0.29) is 5.41 Å². The first-order chi connectivity index (χ1) is 22.1. The molecule has 0 amide bonds. The number of hydrogen-bond donors (Lipinski definition) is 0. The number of nitrogens with zero attached hydrogens (tertiary/aromatic N) is 3. The summed E-state index contributed by atoms with van der Waals surface area (Å²) in [5.74, 6) is 0.610. The van der Waals surface area contributed by atoms with Crippen molar-refractivity contribution in [1.29, 1.82) is 0 Å². The van der Waals surface area contributed by atoms with Crippen LogP contribution >= 0.6 is 0 Å². The third kappa shape index (κ3) is 3.85. The van der Waals surface area contributed by atoms with E-state index in [0.717, 1.165) is 55.5 Å². The summed E-state index contributed by atoms with van der Waals surface area (Å²) in [5, 5.41) is 3.12. The van der Waals surface area contributed by atoms with Gasteiger partial charge in [-0.1, -0.05) is 117 Å². The number of furan rings is 1. The van der Waals surface area contributed by atoms with Crippen LogP contribution in [0.3, 0.4) is 0 Å². The molecule has 1 aliphatic carbocycles. The summed E-state index contributed by atoms with van der Waals surface area (Å²) in [4.78, 5) is 12.8. The van der Waals surface area contributed by atoms with Crippen LogP contribution < -0.4 is 4.90 Å². The Balaban J connectivity index is 1.36. The minimum atomic E-state index is -0.151. The Morgan fingerprint density at radius 1 is 0.578 bits per heavy atom. The van der Waals surface area contributed by atoms with E-state index in [2.05, 4.69) is 122 Å². The first-order valence-corrected chi connectivity index (χ1v) is 15.3. The fourth-order valence-electron chi connectivity index (χ4n) is 7.12. The highest BCUT2D eigenvalue weighted by Crippen LogP contribution is 2.51. The SMILES string of the molecule is CC1(C)c2ccccc2-c2ccc(N(c3nc(-c4ccccc4)c4ccccc4n3)c3cccc4oc5ccccc5c34)cc21. The fraction of sp³-hybridized carbons (Fsp3) is 0.0732. The van der Waals surface area contributed by atoms with Crippen molar-refractivity contribution in [3.8, 4) is 22.4 Å². The minimum Gasteiger partial charge on any atom is -0.456 e. The lowest BCUT2D eigenvalue weighted by atomic mass is 9.82. The number of aromatic nitrogens is 2. The van der Waals surface area contributed by atoms with Gasteiger partial charge in [-0.05, 0) is 58.7 Å². The largest absolute Gasteiger partial charge is 0.456 e. The van der Waals surface area contributed by atoms with Crippen molar-refractivity contribution < 1.29 is 4.42 Å². The molecule has 9 rings (SSSR count). The normalized spacial score (nSPS) is 13.3. The summed E-state index contributed by atoms with van der Waals surface area (Å²) >= 11 is 0. The van der Waals surface area contributed by atoms with Crippen LogP contribution in [0.4, 0.5) is 17.3 Å². The van der Waals surface area contributed by atoms with Gasteiger partial charge in [0.15, 0.2) is 0 Å². The van der Waals surface area contributed by atoms with Crippen LogP contribution in [0.1, 0.15) is 25.0 Å². The van der Waals surface area contributed by atoms with Crippen molar-refractivity contribution in [2.75, 3.05) is 4.90 Å². The molecule has 0 aliphatic heterocycles. The number of benzene rings is 6. The fourth-order valence-corrected chi connectivity index (χ4v) is 7.12. The zero-order valence-corrected chi connectivity index (χ0v) is 25.0. The number of anilines is 3. The van der Waals surface area contributed by atoms with E-state index in [1.165, 1.54) is 22.3 Å². The maximum atomic E-state index is 6.36. The number of hydrogen-bond acceptors (Lipinski definition) is 4. The smallest absolute Gasteiger partial charge is 0.235 e. The van der Waals surface area contributed by atoms with E-state index < -0.39 is 0 Å². The van der Waals surface area contributed by atoms with Gasteiger partial charge in [-0.2, -0.15) is 0 Å². The summed E-state index contributed by atoms with van der Waals surface area (Å²) in [7, 11) is 0. The summed E-state index contributed by atoms with van der Waals surface area (Å²) in [5.41, 5.74) is 11.6. The van der Waals surface area contributed by atoms with Crippen molar-refractivity contribution in [2.45, 2.75) is 19.3 Å². The second-order valence-electron chi connectivity index (χ2n) is 12.2. The first kappa shape index (κ1) is 25.7. The summed E-state index contributed by atoms with van der Waals surface area (Å²) < 4.78 is 6.36. The van der Waals surface area contributed by atoms with Crippen LogP contribution in [0, 0.1) is 0 Å². The molecule has 0 bridgehead atoms. The Bertz CT molecular complexity index is 2420. The van der Waals surface area contributed by atoms with Gasteiger partial charge in [0.2, 0.25) is 5.95 Å². The number of fused-ring (bicyclic) bond motifs is 7. The van der Waals surface area contributed by atoms with E-state index in [1.54, 1.807) is 0 Å². The Kier molecular flexibility index (Phi) is 5.51. The molecule has 0 spiro atoms. The van der Waals surface area contributed by atoms with Crippen molar-refractivity contribution in [2.24, 2.45) is 0 Å². The van der Waals surface area contributed by atoms with Gasteiger partial charge in [-0.3, -0.25) is 4.90 Å². The quantitative estimate of drug-likeness (QED) is 0.208. The minimum absolute atomic E-state index is 0.151. The van der Waals surface area contributed by atoms with E-state index in [4.69, 9.17) is 14.4 Å². The van der Waals surface area contributed by atoms with Crippen LogP contribution in [0.2, 0.25) is 0 Å². The summed E-state index contributed by atoms with van der Waals surface area (Å²) in [6.07, 6.45) is 0. The Morgan fingerprint density at radius 3 is 2.18 bits per heavy atom. The molecule has 2 heterocycles. The van der Waals surface area contributed by atoms with E-state index in [9.17, 15) is 0 Å². The maximum Gasteiger partial charge on any atom is 0.235 e. The monoisotopic (exact) mass is 579 g/mol. The molecule has 0 fully saturated rings. The Morgan fingerprint density at radius 2 is 1.29 bits per heavy atom. The van der Waals surface area contributed by atoms with Gasteiger partial charge in [0, 0.05) is 27.4 Å². The van der Waals surface area contributed by atoms with Crippen LogP contribution in [-0.2, 0) is 5.41 Å². The molecular weight excluding hydrogens is 550 g/mol. The lowest BCUT2D eigenvalue weighted by Crippen LogP contribution is -2.18. The van der Waals surface area contributed by atoms with Gasteiger partial charge in [0.25, 0.3) is 0 Å². The maximum absolute atomic E-state index is 6.36. The van der Waals surface area contributed by atoms with Crippen LogP contribution in [0.5, 0.6) is 0 Å². The van der Waals surface area contributed by atoms with Crippen LogP contribution in [0.25, 0.3) is 55.2 Å². The lowest BCUT2D eigenvalue weighted by Gasteiger charge is -2.27. The van der Waals surface area contributed by atoms with Gasteiger partial charge in [0.05, 0.1) is 22.3 Å². The van der Waals surface area contributed by atoms with Crippen molar-refractivity contribution in [1.82, 2.24) is 9.97 Å². The van der Waals surface area contributed by atoms with Crippen molar-refractivity contribution >= 4 is 50.2 Å². The van der Waals surface area contributed by atoms with Crippen molar-refractivity contribution in [3.63, 3.8) is 0 Å². The van der Waals surface area contributed by atoms with E-state index >= 15 is 0 Å². The van der Waals surface area contributed by atoms with Gasteiger partial charge in [-0.15, -0.1) is 0 Å². The molecule has 0 N–H and O–H groups in total. The third-order valence-corrected chi connectivity index (χ3v) is 9.29. The topological polar surface area (TPSA) is 42.2 Å². The molecule has 0 atom stereocenters. The average molecular weight is 580 g/mol. The molecule has 1 aliphatic rings. The molecule has 0 saturated heterocycles. The molecule has 2 aromatic heterocycles. The molecule has 4 heteroatoms. The number of para-hydroxylation sites is 2. The zero-order valence-electron chi connectivity index (χ0n) is 25.0. The van der Waals surface area contributed by atoms with Crippen molar-refractivity contribution in [3.05, 3.63) is 151 Å². The number of rotatable bonds is 4. The molecule has 45 heavy (non-hydrogen) atoms. The lowest BCUT2D eigenvalue weighted by molar-refractivity contribution is 0.660. The van der Waals surface area contributed by atoms with E-state index in [1.807, 2.05) is 36.4 Å². The highest BCUT2D eigenvalue weighted by Gasteiger charge is 2.36. The summed E-state index contributed by atoms with van der Waals surface area (Å²) in [6.45, 7) is 4.63. The molecule has 214 valence electrons. The van der Waals surface area contributed by atoms with Crippen LogP contribution in [-0.4, -0.2) is 9.97 Å².